The summed E-state index contributed by atoms with van der Waals surface area (Å²) in [6, 6.07) is 11.6. The number of nitrogens with one attached hydrogen (secondary N) is 2. The highest BCUT2D eigenvalue weighted by atomic mass is 16.7. The van der Waals surface area contributed by atoms with Crippen LogP contribution in [0.4, 0.5) is 5.69 Å². The van der Waals surface area contributed by atoms with Gasteiger partial charge in [-0.1, -0.05) is 6.07 Å². The smallest absolute Gasteiger partial charge is 0.338 e. The summed E-state index contributed by atoms with van der Waals surface area (Å²) in [6.07, 6.45) is -0.962. The zero-order valence-electron chi connectivity index (χ0n) is 15.5. The van der Waals surface area contributed by atoms with Crippen LogP contribution >= 0.6 is 0 Å². The van der Waals surface area contributed by atoms with E-state index >= 15 is 0 Å². The van der Waals surface area contributed by atoms with Gasteiger partial charge in [-0.05, 0) is 48.9 Å². The van der Waals surface area contributed by atoms with Gasteiger partial charge in [-0.25, -0.2) is 4.79 Å². The molecule has 0 saturated carbocycles. The van der Waals surface area contributed by atoms with Crippen molar-refractivity contribution >= 4 is 23.5 Å². The standard InChI is InChI=1S/C20H20N2O6/c1-12(28-20(25)15-4-6-16(7-5-15)22-13(2)23)19(24)21-10-14-3-8-17-18(9-14)27-11-26-17/h3-9,12H,10-11H2,1-2H3,(H,21,24)(H,22,23)/t12-/m1/s1. The summed E-state index contributed by atoms with van der Waals surface area (Å²) in [5.41, 5.74) is 1.69. The zero-order chi connectivity index (χ0) is 20.1. The first-order valence-corrected chi connectivity index (χ1v) is 8.67. The molecule has 0 aliphatic carbocycles. The molecule has 2 amide bonds. The van der Waals surface area contributed by atoms with Gasteiger partial charge in [0.25, 0.3) is 5.91 Å². The zero-order valence-corrected chi connectivity index (χ0v) is 15.5. The number of benzene rings is 2. The van der Waals surface area contributed by atoms with Crippen molar-refractivity contribution in [2.45, 2.75) is 26.5 Å². The maximum absolute atomic E-state index is 12.2. The fourth-order valence-corrected chi connectivity index (χ4v) is 2.56. The monoisotopic (exact) mass is 384 g/mol. The summed E-state index contributed by atoms with van der Waals surface area (Å²) >= 11 is 0. The molecular weight excluding hydrogens is 364 g/mol. The van der Waals surface area contributed by atoms with Gasteiger partial charge in [0.2, 0.25) is 12.7 Å². The van der Waals surface area contributed by atoms with Gasteiger partial charge in [0.15, 0.2) is 17.6 Å². The highest BCUT2D eigenvalue weighted by Gasteiger charge is 2.19. The summed E-state index contributed by atoms with van der Waals surface area (Å²) < 4.78 is 15.7. The van der Waals surface area contributed by atoms with E-state index < -0.39 is 18.0 Å². The van der Waals surface area contributed by atoms with Crippen molar-refractivity contribution in [3.05, 3.63) is 53.6 Å². The molecule has 3 rings (SSSR count). The van der Waals surface area contributed by atoms with Crippen LogP contribution in [-0.4, -0.2) is 30.7 Å². The van der Waals surface area contributed by atoms with Crippen LogP contribution in [-0.2, 0) is 20.9 Å². The molecule has 2 aromatic rings. The third kappa shape index (κ3) is 4.79. The number of hydrogen-bond acceptors (Lipinski definition) is 6. The van der Waals surface area contributed by atoms with Crippen molar-refractivity contribution in [1.29, 1.82) is 0 Å². The van der Waals surface area contributed by atoms with E-state index in [1.165, 1.54) is 26.0 Å². The van der Waals surface area contributed by atoms with Gasteiger partial charge in [-0.15, -0.1) is 0 Å². The number of fused-ring (bicyclic) bond motifs is 1. The Labute approximate surface area is 161 Å². The van der Waals surface area contributed by atoms with Gasteiger partial charge in [0.05, 0.1) is 5.56 Å². The van der Waals surface area contributed by atoms with Crippen molar-refractivity contribution in [2.24, 2.45) is 0 Å². The van der Waals surface area contributed by atoms with Crippen LogP contribution in [0.25, 0.3) is 0 Å². The largest absolute Gasteiger partial charge is 0.454 e. The second-order valence-electron chi connectivity index (χ2n) is 6.21. The minimum atomic E-state index is -0.962. The molecule has 1 aliphatic heterocycles. The molecule has 2 aromatic carbocycles. The van der Waals surface area contributed by atoms with Gasteiger partial charge < -0.3 is 24.8 Å². The van der Waals surface area contributed by atoms with Crippen LogP contribution in [0.1, 0.15) is 29.8 Å². The summed E-state index contributed by atoms with van der Waals surface area (Å²) in [4.78, 5) is 35.4. The number of hydrogen-bond donors (Lipinski definition) is 2. The van der Waals surface area contributed by atoms with Gasteiger partial charge >= 0.3 is 5.97 Å². The Bertz CT molecular complexity index is 894. The molecule has 0 spiro atoms. The Hall–Kier alpha value is -3.55. The van der Waals surface area contributed by atoms with Crippen molar-refractivity contribution in [2.75, 3.05) is 12.1 Å². The molecule has 1 atom stereocenters. The Morgan fingerprint density at radius 2 is 1.79 bits per heavy atom. The number of carbonyl (C=O) groups is 3. The average Bonchev–Trinajstić information content (AvgIpc) is 3.13. The van der Waals surface area contributed by atoms with Crippen molar-refractivity contribution in [1.82, 2.24) is 5.32 Å². The molecule has 1 aliphatic rings. The van der Waals surface area contributed by atoms with E-state index in [2.05, 4.69) is 10.6 Å². The normalized spacial score (nSPS) is 12.8. The van der Waals surface area contributed by atoms with E-state index in [1.807, 2.05) is 6.07 Å². The summed E-state index contributed by atoms with van der Waals surface area (Å²) in [5.74, 6) is 0.0555. The molecule has 28 heavy (non-hydrogen) atoms. The Morgan fingerprint density at radius 3 is 2.50 bits per heavy atom. The van der Waals surface area contributed by atoms with E-state index in [4.69, 9.17) is 14.2 Å². The second-order valence-corrected chi connectivity index (χ2v) is 6.21. The molecule has 8 heteroatoms. The number of carbonyl (C=O) groups excluding carboxylic acids is 3. The van der Waals surface area contributed by atoms with Crippen LogP contribution in [0.2, 0.25) is 0 Å². The van der Waals surface area contributed by atoms with Gasteiger partial charge in [0.1, 0.15) is 0 Å². The molecule has 0 saturated heterocycles. The summed E-state index contributed by atoms with van der Waals surface area (Å²) in [5, 5.41) is 5.32. The Kier molecular flexibility index (Phi) is 5.78. The lowest BCUT2D eigenvalue weighted by Gasteiger charge is -2.14. The highest BCUT2D eigenvalue weighted by molar-refractivity contribution is 5.93. The topological polar surface area (TPSA) is 103 Å². The Balaban J connectivity index is 1.50. The summed E-state index contributed by atoms with van der Waals surface area (Å²) in [7, 11) is 0. The lowest BCUT2D eigenvalue weighted by Crippen LogP contribution is -2.35. The van der Waals surface area contributed by atoms with Crippen LogP contribution in [0.5, 0.6) is 11.5 Å². The van der Waals surface area contributed by atoms with Crippen molar-refractivity contribution in [3.8, 4) is 11.5 Å². The predicted octanol–water partition coefficient (Wildman–Crippen LogP) is 2.24. The minimum absolute atomic E-state index is 0.184. The van der Waals surface area contributed by atoms with E-state index in [0.29, 0.717) is 17.2 Å². The number of ether oxygens (including phenoxy) is 3. The molecule has 146 valence electrons. The molecular formula is C20H20N2O6. The first-order valence-electron chi connectivity index (χ1n) is 8.67. The quantitative estimate of drug-likeness (QED) is 0.741. The van der Waals surface area contributed by atoms with E-state index in [-0.39, 0.29) is 24.8 Å². The maximum atomic E-state index is 12.2. The molecule has 1 heterocycles. The SMILES string of the molecule is CC(=O)Nc1ccc(C(=O)O[C@H](C)C(=O)NCc2ccc3c(c2)OCO3)cc1. The molecule has 8 nitrogen and oxygen atoms in total. The molecule has 0 unspecified atom stereocenters. The molecule has 0 bridgehead atoms. The third-order valence-electron chi connectivity index (χ3n) is 4.00. The summed E-state index contributed by atoms with van der Waals surface area (Å²) in [6.45, 7) is 3.34. The van der Waals surface area contributed by atoms with Crippen molar-refractivity contribution < 1.29 is 28.6 Å². The average molecular weight is 384 g/mol. The lowest BCUT2D eigenvalue weighted by molar-refractivity contribution is -0.129. The molecule has 0 radical (unpaired) electrons. The maximum Gasteiger partial charge on any atom is 0.338 e. The Morgan fingerprint density at radius 1 is 1.07 bits per heavy atom. The highest BCUT2D eigenvalue weighted by Crippen LogP contribution is 2.32. The van der Waals surface area contributed by atoms with Crippen LogP contribution < -0.4 is 20.1 Å². The molecule has 0 aromatic heterocycles. The number of amides is 2. The lowest BCUT2D eigenvalue weighted by atomic mass is 10.2. The van der Waals surface area contributed by atoms with E-state index in [9.17, 15) is 14.4 Å². The second kappa shape index (κ2) is 8.43. The first-order chi connectivity index (χ1) is 13.4. The number of rotatable bonds is 6. The van der Waals surface area contributed by atoms with Gasteiger partial charge in [0, 0.05) is 19.2 Å². The van der Waals surface area contributed by atoms with E-state index in [1.54, 1.807) is 24.3 Å². The number of anilines is 1. The molecule has 0 fully saturated rings. The fourth-order valence-electron chi connectivity index (χ4n) is 2.56. The van der Waals surface area contributed by atoms with Crippen LogP contribution in [0, 0.1) is 0 Å². The minimum Gasteiger partial charge on any atom is -0.454 e. The number of esters is 1. The van der Waals surface area contributed by atoms with E-state index in [0.717, 1.165) is 5.56 Å². The third-order valence-corrected chi connectivity index (χ3v) is 4.00. The van der Waals surface area contributed by atoms with Crippen LogP contribution in [0.3, 0.4) is 0 Å². The molecule has 2 N–H and O–H groups in total. The van der Waals surface area contributed by atoms with Crippen LogP contribution in [0.15, 0.2) is 42.5 Å². The van der Waals surface area contributed by atoms with Gasteiger partial charge in [-0.3, -0.25) is 9.59 Å². The predicted molar refractivity (Wildman–Crippen MR) is 100 cm³/mol. The van der Waals surface area contributed by atoms with Crippen molar-refractivity contribution in [3.63, 3.8) is 0 Å². The van der Waals surface area contributed by atoms with Gasteiger partial charge in [-0.2, -0.15) is 0 Å². The first kappa shape index (κ1) is 19.2. The fraction of sp³-hybridized carbons (Fsp3) is 0.250.